The Bertz CT molecular complexity index is 499. The lowest BCUT2D eigenvalue weighted by Crippen LogP contribution is -2.08. The summed E-state index contributed by atoms with van der Waals surface area (Å²) in [5, 5.41) is 9.39. The van der Waals surface area contributed by atoms with E-state index < -0.39 is 5.97 Å². The molecule has 0 saturated carbocycles. The fourth-order valence-corrected chi connectivity index (χ4v) is 2.31. The number of allylic oxidation sites excluding steroid dienone is 1. The number of aliphatic carboxylic acids is 1. The van der Waals surface area contributed by atoms with E-state index in [0.29, 0.717) is 12.0 Å². The van der Waals surface area contributed by atoms with Gasteiger partial charge < -0.3 is 9.84 Å². The van der Waals surface area contributed by atoms with Crippen LogP contribution in [0.1, 0.15) is 38.3 Å². The molecule has 3 nitrogen and oxygen atoms in total. The van der Waals surface area contributed by atoms with Crippen LogP contribution in [0.5, 0.6) is 5.75 Å². The molecule has 0 spiro atoms. The average molecular weight is 262 g/mol. The van der Waals surface area contributed by atoms with Crippen molar-refractivity contribution >= 4 is 11.5 Å². The quantitative estimate of drug-likeness (QED) is 0.818. The fourth-order valence-electron chi connectivity index (χ4n) is 2.31. The van der Waals surface area contributed by atoms with E-state index in [1.807, 2.05) is 45.9 Å². The Morgan fingerprint density at radius 1 is 1.37 bits per heavy atom. The highest BCUT2D eigenvalue weighted by Crippen LogP contribution is 2.35. The molecule has 0 aromatic heterocycles. The first-order valence-corrected chi connectivity index (χ1v) is 6.53. The summed E-state index contributed by atoms with van der Waals surface area (Å²) >= 11 is 0. The molecule has 0 aliphatic rings. The average Bonchev–Trinajstić information content (AvgIpc) is 2.34. The first kappa shape index (κ1) is 15.3. The number of hydrogen-bond acceptors (Lipinski definition) is 2. The summed E-state index contributed by atoms with van der Waals surface area (Å²) in [6.45, 7) is 7.88. The van der Waals surface area contributed by atoms with Gasteiger partial charge in [-0.15, -0.1) is 0 Å². The zero-order valence-electron chi connectivity index (χ0n) is 12.3. The zero-order valence-corrected chi connectivity index (χ0v) is 12.3. The van der Waals surface area contributed by atoms with Crippen LogP contribution in [0.15, 0.2) is 23.8 Å². The molecule has 0 radical (unpaired) electrons. The summed E-state index contributed by atoms with van der Waals surface area (Å²) in [6, 6.07) is 5.85. The maximum atomic E-state index is 11.4. The molecular weight excluding hydrogens is 240 g/mol. The number of carbonyl (C=O) groups is 1. The fraction of sp³-hybridized carbons (Fsp3) is 0.438. The lowest BCUT2D eigenvalue weighted by Gasteiger charge is -2.19. The molecule has 1 N–H and O–H groups in total. The van der Waals surface area contributed by atoms with Crippen LogP contribution in [0.3, 0.4) is 0 Å². The van der Waals surface area contributed by atoms with Gasteiger partial charge in [0.25, 0.3) is 0 Å². The van der Waals surface area contributed by atoms with Gasteiger partial charge in [-0.25, -0.2) is 4.79 Å². The van der Waals surface area contributed by atoms with Gasteiger partial charge in [0, 0.05) is 11.1 Å². The Balaban J connectivity index is 3.59. The van der Waals surface area contributed by atoms with Gasteiger partial charge >= 0.3 is 5.97 Å². The summed E-state index contributed by atoms with van der Waals surface area (Å²) in [6.07, 6.45) is 0.500. The molecule has 104 valence electrons. The Hall–Kier alpha value is -1.77. The van der Waals surface area contributed by atoms with E-state index in [2.05, 4.69) is 0 Å². The molecule has 0 aliphatic heterocycles. The number of rotatable bonds is 5. The maximum absolute atomic E-state index is 11.4. The van der Waals surface area contributed by atoms with Crippen molar-refractivity contribution < 1.29 is 14.6 Å². The molecule has 0 aliphatic carbocycles. The number of carboxylic acid groups (broad SMARTS) is 1. The van der Waals surface area contributed by atoms with Gasteiger partial charge in [0.05, 0.1) is 7.11 Å². The first-order chi connectivity index (χ1) is 8.92. The number of hydrogen-bond donors (Lipinski definition) is 1. The molecule has 0 bridgehead atoms. The third kappa shape index (κ3) is 3.37. The molecule has 0 heterocycles. The molecular formula is C16H22O3. The summed E-state index contributed by atoms with van der Waals surface area (Å²) in [5.41, 5.74) is 3.29. The summed E-state index contributed by atoms with van der Waals surface area (Å²) in [5.74, 6) is -0.00184. The Morgan fingerprint density at radius 2 is 2.00 bits per heavy atom. The largest absolute Gasteiger partial charge is 0.496 e. The topological polar surface area (TPSA) is 46.5 Å². The van der Waals surface area contributed by atoms with Crippen molar-refractivity contribution in [1.82, 2.24) is 0 Å². The highest BCUT2D eigenvalue weighted by Gasteiger charge is 2.20. The lowest BCUT2D eigenvalue weighted by atomic mass is 9.88. The van der Waals surface area contributed by atoms with E-state index in [-0.39, 0.29) is 5.92 Å². The van der Waals surface area contributed by atoms with Crippen LogP contribution < -0.4 is 4.74 Å². The van der Waals surface area contributed by atoms with Crippen LogP contribution >= 0.6 is 0 Å². The van der Waals surface area contributed by atoms with Crippen molar-refractivity contribution in [2.45, 2.75) is 34.1 Å². The Labute approximate surface area is 114 Å². The van der Waals surface area contributed by atoms with Crippen LogP contribution in [0.4, 0.5) is 0 Å². The molecule has 0 unspecified atom stereocenters. The summed E-state index contributed by atoms with van der Waals surface area (Å²) in [7, 11) is 1.61. The van der Waals surface area contributed by atoms with Crippen molar-refractivity contribution in [2.75, 3.05) is 7.11 Å². The molecule has 1 aromatic rings. The highest BCUT2D eigenvalue weighted by molar-refractivity contribution is 5.97. The molecule has 0 saturated heterocycles. The molecule has 3 heteroatoms. The van der Waals surface area contributed by atoms with Crippen molar-refractivity contribution in [2.24, 2.45) is 5.92 Å². The Kier molecular flexibility index (Phi) is 5.16. The van der Waals surface area contributed by atoms with E-state index >= 15 is 0 Å². The second kappa shape index (κ2) is 6.41. The van der Waals surface area contributed by atoms with Crippen LogP contribution in [0, 0.1) is 12.8 Å². The smallest absolute Gasteiger partial charge is 0.331 e. The minimum Gasteiger partial charge on any atom is -0.496 e. The molecule has 1 aromatic carbocycles. The second-order valence-corrected chi connectivity index (χ2v) is 4.91. The van der Waals surface area contributed by atoms with Gasteiger partial charge in [-0.1, -0.05) is 32.4 Å². The molecule has 0 atom stereocenters. The van der Waals surface area contributed by atoms with E-state index in [1.54, 1.807) is 7.11 Å². The number of aryl methyl sites for hydroxylation is 1. The van der Waals surface area contributed by atoms with Gasteiger partial charge in [-0.2, -0.15) is 0 Å². The Morgan fingerprint density at radius 3 is 2.42 bits per heavy atom. The monoisotopic (exact) mass is 262 g/mol. The van der Waals surface area contributed by atoms with E-state index in [4.69, 9.17) is 4.74 Å². The third-order valence-electron chi connectivity index (χ3n) is 3.16. The minimum atomic E-state index is -0.852. The number of carboxylic acids is 1. The van der Waals surface area contributed by atoms with E-state index in [0.717, 1.165) is 22.4 Å². The summed E-state index contributed by atoms with van der Waals surface area (Å²) in [4.78, 5) is 11.4. The highest BCUT2D eigenvalue weighted by atomic mass is 16.5. The predicted molar refractivity (Wildman–Crippen MR) is 77.4 cm³/mol. The minimum absolute atomic E-state index is 0.127. The standard InChI is InChI=1S/C16H22O3/c1-6-12(16(17)18)15(10(2)3)13-9-11(4)7-8-14(13)19-5/h7-10H,6H2,1-5H3,(H,17,18). The first-order valence-electron chi connectivity index (χ1n) is 6.53. The van der Waals surface area contributed by atoms with Crippen LogP contribution in [0.25, 0.3) is 5.57 Å². The predicted octanol–water partition coefficient (Wildman–Crippen LogP) is 3.91. The number of benzene rings is 1. The van der Waals surface area contributed by atoms with E-state index in [1.165, 1.54) is 0 Å². The van der Waals surface area contributed by atoms with Gasteiger partial charge in [0.15, 0.2) is 0 Å². The summed E-state index contributed by atoms with van der Waals surface area (Å²) < 4.78 is 5.38. The van der Waals surface area contributed by atoms with Crippen molar-refractivity contribution in [3.8, 4) is 5.75 Å². The van der Waals surface area contributed by atoms with Gasteiger partial charge in [0.1, 0.15) is 5.75 Å². The van der Waals surface area contributed by atoms with Crippen molar-refractivity contribution in [3.05, 3.63) is 34.9 Å². The lowest BCUT2D eigenvalue weighted by molar-refractivity contribution is -0.132. The zero-order chi connectivity index (χ0) is 14.6. The number of ether oxygens (including phenoxy) is 1. The van der Waals surface area contributed by atoms with Gasteiger partial charge in [0.2, 0.25) is 0 Å². The van der Waals surface area contributed by atoms with Crippen LogP contribution in [-0.4, -0.2) is 18.2 Å². The van der Waals surface area contributed by atoms with E-state index in [9.17, 15) is 9.90 Å². The van der Waals surface area contributed by atoms with Crippen molar-refractivity contribution in [3.63, 3.8) is 0 Å². The van der Waals surface area contributed by atoms with Crippen LogP contribution in [0.2, 0.25) is 0 Å². The molecule has 0 amide bonds. The molecule has 19 heavy (non-hydrogen) atoms. The second-order valence-electron chi connectivity index (χ2n) is 4.91. The van der Waals surface area contributed by atoms with Gasteiger partial charge in [-0.3, -0.25) is 0 Å². The number of methoxy groups -OCH3 is 1. The SMILES string of the molecule is CCC(C(=O)O)=C(c1cc(C)ccc1OC)C(C)C. The van der Waals surface area contributed by atoms with Crippen molar-refractivity contribution in [1.29, 1.82) is 0 Å². The molecule has 1 rings (SSSR count). The maximum Gasteiger partial charge on any atom is 0.331 e. The van der Waals surface area contributed by atoms with Gasteiger partial charge in [-0.05, 0) is 37.0 Å². The normalized spacial score (nSPS) is 12.3. The third-order valence-corrected chi connectivity index (χ3v) is 3.16. The van der Waals surface area contributed by atoms with Crippen LogP contribution in [-0.2, 0) is 4.79 Å². The molecule has 0 fully saturated rings.